The predicted octanol–water partition coefficient (Wildman–Crippen LogP) is 7.19. The van der Waals surface area contributed by atoms with Crippen molar-refractivity contribution >= 4 is 35.5 Å². The van der Waals surface area contributed by atoms with E-state index < -0.39 is 61.0 Å². The van der Waals surface area contributed by atoms with E-state index in [1.807, 2.05) is 41.5 Å². The van der Waals surface area contributed by atoms with Gasteiger partial charge in [0.1, 0.15) is 0 Å². The van der Waals surface area contributed by atoms with Gasteiger partial charge in [-0.1, -0.05) is 79.9 Å². The maximum absolute atomic E-state index is 12.4. The van der Waals surface area contributed by atoms with E-state index in [2.05, 4.69) is 0 Å². The van der Waals surface area contributed by atoms with Crippen LogP contribution in [0.25, 0.3) is 0 Å². The quantitative estimate of drug-likeness (QED) is 0.401. The van der Waals surface area contributed by atoms with Gasteiger partial charge in [-0.3, -0.25) is 9.59 Å². The van der Waals surface area contributed by atoms with Gasteiger partial charge in [-0.05, 0) is 25.6 Å². The molecule has 2 fully saturated rings. The summed E-state index contributed by atoms with van der Waals surface area (Å²) in [5, 5.41) is 9.58. The summed E-state index contributed by atoms with van der Waals surface area (Å²) < 4.78 is 99.7. The van der Waals surface area contributed by atoms with Crippen LogP contribution in [0.3, 0.4) is 0 Å². The second-order valence-electron chi connectivity index (χ2n) is 9.62. The summed E-state index contributed by atoms with van der Waals surface area (Å²) in [6.07, 6.45) is -16.7. The summed E-state index contributed by atoms with van der Waals surface area (Å²) >= 11 is 2.62. The van der Waals surface area contributed by atoms with Crippen molar-refractivity contribution < 1.29 is 35.9 Å². The molecule has 6 heteroatoms. The molecule has 0 aromatic heterocycles. The molecule has 2 aliphatic rings. The number of carboxylic acids is 1. The molecule has 0 aliphatic heterocycles. The summed E-state index contributed by atoms with van der Waals surface area (Å²) in [5.74, 6) is -2.25. The van der Waals surface area contributed by atoms with Gasteiger partial charge >= 0.3 is 11.9 Å². The second-order valence-corrected chi connectivity index (χ2v) is 13.2. The van der Waals surface area contributed by atoms with Crippen molar-refractivity contribution in [3.05, 3.63) is 0 Å². The highest BCUT2D eigenvalue weighted by atomic mass is 32.2. The molecule has 2 atom stereocenters. The monoisotopic (exact) mass is 486 g/mol. The van der Waals surface area contributed by atoms with E-state index in [4.69, 9.17) is 21.2 Å². The van der Waals surface area contributed by atoms with Crippen LogP contribution in [0.1, 0.15) is 122 Å². The van der Waals surface area contributed by atoms with Crippen LogP contribution in [0.4, 0.5) is 0 Å². The maximum atomic E-state index is 12.4. The highest BCUT2D eigenvalue weighted by Gasteiger charge is 2.41. The van der Waals surface area contributed by atoms with E-state index in [1.165, 1.54) is 23.5 Å². The van der Waals surface area contributed by atoms with Crippen LogP contribution in [-0.2, 0) is 14.3 Å². The van der Waals surface area contributed by atoms with Crippen LogP contribution >= 0.6 is 23.5 Å². The fourth-order valence-corrected chi connectivity index (χ4v) is 4.69. The van der Waals surface area contributed by atoms with Crippen LogP contribution in [0.5, 0.6) is 0 Å². The zero-order valence-corrected chi connectivity index (χ0v) is 21.4. The third-order valence-corrected chi connectivity index (χ3v) is 7.63. The number of carboxylic acid groups (broad SMARTS) is 1. The molecule has 0 amide bonds. The molecule has 2 aliphatic carbocycles. The van der Waals surface area contributed by atoms with Crippen LogP contribution < -0.4 is 0 Å². The first-order valence-corrected chi connectivity index (χ1v) is 12.3. The molecule has 0 bridgehead atoms. The average Bonchev–Trinajstić information content (AvgIpc) is 2.80. The highest BCUT2D eigenvalue weighted by molar-refractivity contribution is 8.00. The van der Waals surface area contributed by atoms with Gasteiger partial charge in [0.25, 0.3) is 0 Å². The summed E-state index contributed by atoms with van der Waals surface area (Å²) in [6, 6.07) is 0. The van der Waals surface area contributed by atoms with Crippen LogP contribution in [0.15, 0.2) is 0 Å². The number of thioether (sulfide) groups is 2. The molecular weight excluding hydrogens is 428 g/mol. The van der Waals surface area contributed by atoms with Crippen LogP contribution in [0, 0.1) is 10.8 Å². The van der Waals surface area contributed by atoms with E-state index in [0.29, 0.717) is 0 Å². The Bertz CT molecular complexity index is 1040. The normalized spacial score (nSPS) is 42.5. The SMILES string of the molecule is [2H]C1([2H])CCC(CSC(C)(C)C)(C(=O)O)C([2H])([2H])C1([2H])[2H].[2H]C1([2H])CCC(CSC(C)(C)C)(C(=O)OC)C([2H])([2H])C1([2H])[2H]. The minimum absolute atomic E-state index is 0.0474. The largest absolute Gasteiger partial charge is 0.481 e. The third kappa shape index (κ3) is 9.98. The van der Waals surface area contributed by atoms with Crippen molar-refractivity contribution in [2.75, 3.05) is 18.6 Å². The maximum Gasteiger partial charge on any atom is 0.312 e. The molecule has 2 saturated carbocycles. The summed E-state index contributed by atoms with van der Waals surface area (Å²) in [7, 11) is 1.15. The number of rotatable bonds is 6. The molecule has 0 heterocycles. The van der Waals surface area contributed by atoms with Crippen LogP contribution in [-0.4, -0.2) is 45.2 Å². The Hall–Kier alpha value is -0.360. The number of aliphatic carboxylic acids is 1. The van der Waals surface area contributed by atoms with Crippen molar-refractivity contribution in [1.29, 1.82) is 0 Å². The van der Waals surface area contributed by atoms with Gasteiger partial charge in [0.15, 0.2) is 0 Å². The van der Waals surface area contributed by atoms with Gasteiger partial charge in [-0.15, -0.1) is 0 Å². The lowest BCUT2D eigenvalue weighted by atomic mass is 9.75. The summed E-state index contributed by atoms with van der Waals surface area (Å²) in [6.45, 7) is 11.4. The fraction of sp³-hybridized carbons (Fsp3) is 0.920. The van der Waals surface area contributed by atoms with Crippen molar-refractivity contribution in [3.8, 4) is 0 Å². The molecule has 2 unspecified atom stereocenters. The number of carbonyl (C=O) groups is 2. The standard InChI is InChI=1S/C13H24O2S.C12H22O2S/c1-12(2,3)16-10-13(11(14)15-4)8-6-5-7-9-13;1-11(2,3)15-9-12(10(13)14)7-5-4-6-8-12/h5-10H2,1-4H3;4-9H2,1-3H3,(H,13,14)/i5D2,6D2,8D2;4D2,5D2,7D2. The van der Waals surface area contributed by atoms with E-state index in [9.17, 15) is 14.7 Å². The van der Waals surface area contributed by atoms with Gasteiger partial charge in [0, 0.05) is 37.4 Å². The Balaban J connectivity index is 0.000000430. The van der Waals surface area contributed by atoms with Crippen molar-refractivity contribution in [2.24, 2.45) is 10.8 Å². The number of esters is 1. The van der Waals surface area contributed by atoms with Gasteiger partial charge < -0.3 is 9.84 Å². The van der Waals surface area contributed by atoms with Gasteiger partial charge in [0.2, 0.25) is 0 Å². The van der Waals surface area contributed by atoms with Crippen molar-refractivity contribution in [1.82, 2.24) is 0 Å². The number of hydrogen-bond donors (Lipinski definition) is 1. The number of ether oxygens (including phenoxy) is 1. The summed E-state index contributed by atoms with van der Waals surface area (Å²) in [4.78, 5) is 24.1. The van der Waals surface area contributed by atoms with Gasteiger partial charge in [0.05, 0.1) is 17.9 Å². The zero-order chi connectivity index (χ0) is 34.5. The lowest BCUT2D eigenvalue weighted by Crippen LogP contribution is -2.38. The van der Waals surface area contributed by atoms with Crippen LogP contribution in [0.2, 0.25) is 0 Å². The lowest BCUT2D eigenvalue weighted by Gasteiger charge is -2.36. The van der Waals surface area contributed by atoms with Gasteiger partial charge in [-0.2, -0.15) is 23.5 Å². The van der Waals surface area contributed by atoms with E-state index in [1.54, 1.807) is 0 Å². The minimum Gasteiger partial charge on any atom is -0.481 e. The molecule has 182 valence electrons. The Morgan fingerprint density at radius 2 is 1.29 bits per heavy atom. The predicted molar refractivity (Wildman–Crippen MR) is 135 cm³/mol. The topological polar surface area (TPSA) is 63.6 Å². The Morgan fingerprint density at radius 3 is 1.71 bits per heavy atom. The molecule has 1 N–H and O–H groups in total. The molecule has 0 aromatic carbocycles. The highest BCUT2D eigenvalue weighted by Crippen LogP contribution is 2.43. The lowest BCUT2D eigenvalue weighted by molar-refractivity contribution is -0.153. The van der Waals surface area contributed by atoms with E-state index in [-0.39, 0.29) is 46.7 Å². The Morgan fingerprint density at radius 1 is 0.871 bits per heavy atom. The number of methoxy groups -OCH3 is 1. The summed E-state index contributed by atoms with van der Waals surface area (Å²) in [5.41, 5.74) is -3.63. The Kier molecular flexibility index (Phi) is 5.83. The van der Waals surface area contributed by atoms with E-state index >= 15 is 0 Å². The molecule has 0 spiro atoms. The first-order chi connectivity index (χ1) is 18.8. The van der Waals surface area contributed by atoms with E-state index in [0.717, 1.165) is 7.11 Å². The molecule has 4 nitrogen and oxygen atoms in total. The molecular formula is C25H46O4S2. The fourth-order valence-electron chi connectivity index (χ4n) is 2.65. The molecule has 0 radical (unpaired) electrons. The third-order valence-electron chi connectivity index (χ3n) is 4.62. The molecule has 0 aromatic rings. The second kappa shape index (κ2) is 12.2. The average molecular weight is 487 g/mol. The first-order valence-electron chi connectivity index (χ1n) is 16.4. The smallest absolute Gasteiger partial charge is 0.312 e. The zero-order valence-electron chi connectivity index (χ0n) is 31.7. The first kappa shape index (κ1) is 14.8. The molecule has 2 rings (SSSR count). The number of hydrogen-bond acceptors (Lipinski definition) is 5. The molecule has 0 saturated heterocycles. The minimum atomic E-state index is -2.87. The number of carbonyl (C=O) groups excluding carboxylic acids is 1. The van der Waals surface area contributed by atoms with Crippen molar-refractivity contribution in [3.63, 3.8) is 0 Å². The Labute approximate surface area is 216 Å². The molecule has 31 heavy (non-hydrogen) atoms. The van der Waals surface area contributed by atoms with Gasteiger partial charge in [-0.25, -0.2) is 0 Å². The van der Waals surface area contributed by atoms with Crippen molar-refractivity contribution in [2.45, 2.75) is 115 Å².